The predicted molar refractivity (Wildman–Crippen MR) is 101 cm³/mol. The number of benzene rings is 1. The zero-order chi connectivity index (χ0) is 16.4. The highest BCUT2D eigenvalue weighted by molar-refractivity contribution is 8.26. The molecule has 0 aromatic heterocycles. The van der Waals surface area contributed by atoms with Crippen molar-refractivity contribution < 1.29 is 9.69 Å². The van der Waals surface area contributed by atoms with E-state index in [0.717, 1.165) is 29.2 Å². The Morgan fingerprint density at radius 3 is 2.52 bits per heavy atom. The number of anilines is 1. The molecule has 0 bridgehead atoms. The molecule has 2 aliphatic heterocycles. The molecule has 1 N–H and O–H groups in total. The van der Waals surface area contributed by atoms with Gasteiger partial charge in [0.15, 0.2) is 11.0 Å². The number of likely N-dealkylation sites (tertiary alicyclic amines) is 1. The zero-order valence-corrected chi connectivity index (χ0v) is 15.2. The number of quaternary nitrogens is 1. The summed E-state index contributed by atoms with van der Waals surface area (Å²) >= 11 is 6.82. The number of nitrogens with one attached hydrogen (secondary N) is 1. The van der Waals surface area contributed by atoms with E-state index in [2.05, 4.69) is 17.0 Å². The molecule has 122 valence electrons. The van der Waals surface area contributed by atoms with Crippen molar-refractivity contribution in [3.05, 3.63) is 34.7 Å². The van der Waals surface area contributed by atoms with Crippen LogP contribution in [0.2, 0.25) is 0 Å². The molecular formula is C17H22N3OS2+. The van der Waals surface area contributed by atoms with Gasteiger partial charge in [-0.05, 0) is 23.8 Å². The lowest BCUT2D eigenvalue weighted by atomic mass is 10.2. The number of hydrogen-bond donors (Lipinski definition) is 1. The Bertz CT molecular complexity index is 634. The standard InChI is InChI=1S/C17H21N3OS2/c1-18(2)14-7-5-13(6-8-14)11-15-16(21)20(17(22)23-15)12-19-9-3-4-10-19/h5-8,11H,3-4,9-10,12H2,1-2H3/p+1. The van der Waals surface area contributed by atoms with Crippen LogP contribution in [0.4, 0.5) is 5.69 Å². The molecule has 2 aliphatic rings. The molecule has 0 spiro atoms. The van der Waals surface area contributed by atoms with E-state index in [1.54, 1.807) is 4.90 Å². The molecule has 0 saturated carbocycles. The van der Waals surface area contributed by atoms with Crippen molar-refractivity contribution in [2.45, 2.75) is 12.8 Å². The minimum atomic E-state index is 0.0519. The van der Waals surface area contributed by atoms with Gasteiger partial charge < -0.3 is 9.80 Å². The largest absolute Gasteiger partial charge is 0.378 e. The molecule has 2 heterocycles. The predicted octanol–water partition coefficient (Wildman–Crippen LogP) is 1.59. The highest BCUT2D eigenvalue weighted by Crippen LogP contribution is 2.32. The third-order valence-electron chi connectivity index (χ3n) is 4.27. The van der Waals surface area contributed by atoms with Gasteiger partial charge in [0.05, 0.1) is 18.0 Å². The minimum Gasteiger partial charge on any atom is -0.378 e. The van der Waals surface area contributed by atoms with Crippen molar-refractivity contribution >= 4 is 46.0 Å². The van der Waals surface area contributed by atoms with Gasteiger partial charge in [0.25, 0.3) is 5.91 Å². The lowest BCUT2D eigenvalue weighted by molar-refractivity contribution is -0.894. The number of thioether (sulfide) groups is 1. The number of carbonyl (C=O) groups excluding carboxylic acids is 1. The van der Waals surface area contributed by atoms with Crippen molar-refractivity contribution in [1.29, 1.82) is 0 Å². The minimum absolute atomic E-state index is 0.0519. The van der Waals surface area contributed by atoms with Gasteiger partial charge in [-0.15, -0.1) is 0 Å². The van der Waals surface area contributed by atoms with Gasteiger partial charge in [-0.2, -0.15) is 0 Å². The first kappa shape index (κ1) is 16.5. The second kappa shape index (κ2) is 7.03. The summed E-state index contributed by atoms with van der Waals surface area (Å²) in [5.74, 6) is 0.0519. The van der Waals surface area contributed by atoms with Crippen molar-refractivity contribution in [3.63, 3.8) is 0 Å². The third kappa shape index (κ3) is 3.76. The lowest BCUT2D eigenvalue weighted by Crippen LogP contribution is -3.11. The number of amides is 1. The zero-order valence-electron chi connectivity index (χ0n) is 13.5. The Hall–Kier alpha value is -1.37. The first-order chi connectivity index (χ1) is 11.0. The van der Waals surface area contributed by atoms with Crippen LogP contribution < -0.4 is 9.80 Å². The summed E-state index contributed by atoms with van der Waals surface area (Å²) in [6.45, 7) is 2.99. The normalized spacial score (nSPS) is 20.8. The van der Waals surface area contributed by atoms with E-state index in [0.29, 0.717) is 11.0 Å². The molecular weight excluding hydrogens is 326 g/mol. The van der Waals surface area contributed by atoms with Crippen molar-refractivity contribution in [3.8, 4) is 0 Å². The van der Waals surface area contributed by atoms with Crippen molar-refractivity contribution in [1.82, 2.24) is 4.90 Å². The molecule has 1 amide bonds. The van der Waals surface area contributed by atoms with Gasteiger partial charge in [0.1, 0.15) is 0 Å². The van der Waals surface area contributed by atoms with E-state index in [4.69, 9.17) is 12.2 Å². The molecule has 0 unspecified atom stereocenters. The summed E-state index contributed by atoms with van der Waals surface area (Å²) in [5, 5.41) is 0. The first-order valence-electron chi connectivity index (χ1n) is 7.91. The molecule has 0 radical (unpaired) electrons. The molecule has 23 heavy (non-hydrogen) atoms. The topological polar surface area (TPSA) is 28.0 Å². The Kier molecular flexibility index (Phi) is 5.04. The van der Waals surface area contributed by atoms with Gasteiger partial charge in [0, 0.05) is 32.6 Å². The van der Waals surface area contributed by atoms with Gasteiger partial charge in [0.2, 0.25) is 0 Å². The fourth-order valence-corrected chi connectivity index (χ4v) is 4.17. The first-order valence-corrected chi connectivity index (χ1v) is 9.13. The van der Waals surface area contributed by atoms with E-state index in [1.807, 2.05) is 32.3 Å². The fourth-order valence-electron chi connectivity index (χ4n) is 2.91. The Balaban J connectivity index is 1.72. The second-order valence-electron chi connectivity index (χ2n) is 6.21. The van der Waals surface area contributed by atoms with Crippen LogP contribution in [0.15, 0.2) is 29.2 Å². The van der Waals surface area contributed by atoms with Crippen LogP contribution in [-0.2, 0) is 4.79 Å². The van der Waals surface area contributed by atoms with Gasteiger partial charge >= 0.3 is 0 Å². The summed E-state index contributed by atoms with van der Waals surface area (Å²) in [5.41, 5.74) is 2.18. The molecule has 0 aliphatic carbocycles. The number of carbonyl (C=O) groups is 1. The summed E-state index contributed by atoms with van der Waals surface area (Å²) < 4.78 is 0.686. The van der Waals surface area contributed by atoms with E-state index in [1.165, 1.54) is 29.5 Å². The van der Waals surface area contributed by atoms with E-state index in [9.17, 15) is 4.79 Å². The summed E-state index contributed by atoms with van der Waals surface area (Å²) in [6, 6.07) is 8.18. The van der Waals surface area contributed by atoms with Crippen LogP contribution in [0.5, 0.6) is 0 Å². The quantitative estimate of drug-likeness (QED) is 0.661. The Morgan fingerprint density at radius 1 is 1.26 bits per heavy atom. The maximum Gasteiger partial charge on any atom is 0.270 e. The van der Waals surface area contributed by atoms with Crippen LogP contribution in [0.1, 0.15) is 18.4 Å². The Labute approximate surface area is 147 Å². The van der Waals surface area contributed by atoms with Crippen molar-refractivity contribution in [2.24, 2.45) is 0 Å². The van der Waals surface area contributed by atoms with Crippen LogP contribution in [0.3, 0.4) is 0 Å². The fraction of sp³-hybridized carbons (Fsp3) is 0.412. The smallest absolute Gasteiger partial charge is 0.270 e. The molecule has 2 saturated heterocycles. The number of rotatable bonds is 4. The number of hydrogen-bond acceptors (Lipinski definition) is 4. The summed E-state index contributed by atoms with van der Waals surface area (Å²) in [6.07, 6.45) is 4.44. The molecule has 3 rings (SSSR count). The molecule has 1 aromatic rings. The number of thiocarbonyl (C=S) groups is 1. The molecule has 0 atom stereocenters. The molecule has 6 heteroatoms. The lowest BCUT2D eigenvalue weighted by Gasteiger charge is -2.19. The summed E-state index contributed by atoms with van der Waals surface area (Å²) in [4.78, 5) is 18.6. The van der Waals surface area contributed by atoms with Gasteiger partial charge in [-0.3, -0.25) is 4.79 Å². The van der Waals surface area contributed by atoms with Crippen LogP contribution in [-0.4, -0.2) is 49.0 Å². The molecule has 2 fully saturated rings. The highest BCUT2D eigenvalue weighted by Gasteiger charge is 2.35. The SMILES string of the molecule is CN(C)c1ccc(C=C2SC(=S)N(C[NH+]3CCCC3)C2=O)cc1. The average molecular weight is 349 g/mol. The van der Waals surface area contributed by atoms with Gasteiger partial charge in [-0.25, -0.2) is 4.90 Å². The van der Waals surface area contributed by atoms with Crippen LogP contribution >= 0.6 is 24.0 Å². The van der Waals surface area contributed by atoms with E-state index < -0.39 is 0 Å². The second-order valence-corrected chi connectivity index (χ2v) is 7.89. The van der Waals surface area contributed by atoms with Crippen molar-refractivity contribution in [2.75, 3.05) is 38.8 Å². The Morgan fingerprint density at radius 2 is 1.91 bits per heavy atom. The maximum atomic E-state index is 12.6. The highest BCUT2D eigenvalue weighted by atomic mass is 32.2. The van der Waals surface area contributed by atoms with Gasteiger partial charge in [-0.1, -0.05) is 36.1 Å². The third-order valence-corrected chi connectivity index (χ3v) is 5.65. The average Bonchev–Trinajstić information content (AvgIpc) is 3.12. The van der Waals surface area contributed by atoms with Crippen LogP contribution in [0.25, 0.3) is 6.08 Å². The van der Waals surface area contributed by atoms with Crippen LogP contribution in [0, 0.1) is 0 Å². The molecule has 1 aromatic carbocycles. The van der Waals surface area contributed by atoms with E-state index >= 15 is 0 Å². The summed E-state index contributed by atoms with van der Waals surface area (Å²) in [7, 11) is 4.03. The monoisotopic (exact) mass is 348 g/mol. The maximum absolute atomic E-state index is 12.6. The van der Waals surface area contributed by atoms with E-state index in [-0.39, 0.29) is 5.91 Å². The number of nitrogens with zero attached hydrogens (tertiary/aromatic N) is 2. The molecule has 4 nitrogen and oxygen atoms in total.